The number of hydrogen-bond acceptors (Lipinski definition) is 2. The maximum Gasteiger partial charge on any atom is 0.229 e. The lowest BCUT2D eigenvalue weighted by molar-refractivity contribution is -0.140. The van der Waals surface area contributed by atoms with Crippen molar-refractivity contribution in [1.82, 2.24) is 4.90 Å². The first-order chi connectivity index (χ1) is 8.07. The van der Waals surface area contributed by atoms with Crippen molar-refractivity contribution in [2.75, 3.05) is 19.6 Å². The first kappa shape index (κ1) is 14.5. The van der Waals surface area contributed by atoms with E-state index in [9.17, 15) is 4.79 Å². The molecule has 0 aromatic heterocycles. The Morgan fingerprint density at radius 1 is 1.35 bits per heavy atom. The van der Waals surface area contributed by atoms with Crippen LogP contribution in [0.25, 0.3) is 0 Å². The largest absolute Gasteiger partial charge is 0.342 e. The molecule has 1 heterocycles. The number of carbonyl (C=O) groups is 1. The summed E-state index contributed by atoms with van der Waals surface area (Å²) >= 11 is 0. The highest BCUT2D eigenvalue weighted by Crippen LogP contribution is 2.26. The van der Waals surface area contributed by atoms with Gasteiger partial charge in [-0.2, -0.15) is 0 Å². The van der Waals surface area contributed by atoms with E-state index in [1.807, 2.05) is 11.8 Å². The summed E-state index contributed by atoms with van der Waals surface area (Å²) < 4.78 is 0. The Labute approximate surface area is 106 Å². The van der Waals surface area contributed by atoms with Gasteiger partial charge in [-0.3, -0.25) is 4.79 Å². The van der Waals surface area contributed by atoms with Crippen LogP contribution in [-0.2, 0) is 4.79 Å². The quantitative estimate of drug-likeness (QED) is 0.820. The van der Waals surface area contributed by atoms with Crippen LogP contribution in [0.5, 0.6) is 0 Å². The molecular formula is C14H28N2O. The van der Waals surface area contributed by atoms with Crippen molar-refractivity contribution in [2.24, 2.45) is 17.1 Å². The van der Waals surface area contributed by atoms with Gasteiger partial charge in [0.15, 0.2) is 0 Å². The van der Waals surface area contributed by atoms with Crippen molar-refractivity contribution < 1.29 is 4.79 Å². The number of amides is 1. The third-order valence-corrected chi connectivity index (χ3v) is 4.46. The highest BCUT2D eigenvalue weighted by atomic mass is 16.2. The number of hydrogen-bond donors (Lipinski definition) is 1. The smallest absolute Gasteiger partial charge is 0.229 e. The molecule has 0 saturated carbocycles. The number of nitrogens with two attached hydrogens (primary N) is 1. The SMILES string of the molecule is CCC1CCCN(C(=O)C(C)(CC)CN)CC1. The Balaban J connectivity index is 2.63. The van der Waals surface area contributed by atoms with Crippen LogP contribution in [0.2, 0.25) is 0 Å². The normalized spacial score (nSPS) is 25.2. The second-order valence-electron chi connectivity index (χ2n) is 5.62. The van der Waals surface area contributed by atoms with Gasteiger partial charge in [-0.05, 0) is 38.5 Å². The van der Waals surface area contributed by atoms with Crippen molar-refractivity contribution in [1.29, 1.82) is 0 Å². The van der Waals surface area contributed by atoms with E-state index in [4.69, 9.17) is 5.73 Å². The predicted octanol–water partition coefficient (Wildman–Crippen LogP) is 2.40. The van der Waals surface area contributed by atoms with E-state index >= 15 is 0 Å². The second kappa shape index (κ2) is 6.39. The monoisotopic (exact) mass is 240 g/mol. The molecule has 1 rings (SSSR count). The molecule has 0 spiro atoms. The zero-order chi connectivity index (χ0) is 12.9. The maximum atomic E-state index is 12.5. The number of nitrogens with zero attached hydrogens (tertiary/aromatic N) is 1. The Hall–Kier alpha value is -0.570. The van der Waals surface area contributed by atoms with E-state index in [2.05, 4.69) is 13.8 Å². The fourth-order valence-electron chi connectivity index (χ4n) is 2.54. The van der Waals surface area contributed by atoms with Crippen molar-refractivity contribution in [3.8, 4) is 0 Å². The van der Waals surface area contributed by atoms with Crippen LogP contribution in [0.15, 0.2) is 0 Å². The molecule has 0 aromatic carbocycles. The molecule has 1 aliphatic heterocycles. The van der Waals surface area contributed by atoms with Crippen LogP contribution in [0.3, 0.4) is 0 Å². The van der Waals surface area contributed by atoms with Crippen LogP contribution in [-0.4, -0.2) is 30.4 Å². The van der Waals surface area contributed by atoms with Gasteiger partial charge < -0.3 is 10.6 Å². The van der Waals surface area contributed by atoms with Crippen LogP contribution in [0.1, 0.15) is 52.9 Å². The van der Waals surface area contributed by atoms with E-state index in [-0.39, 0.29) is 11.3 Å². The molecule has 2 unspecified atom stereocenters. The molecule has 1 saturated heterocycles. The molecule has 17 heavy (non-hydrogen) atoms. The minimum atomic E-state index is -0.355. The lowest BCUT2D eigenvalue weighted by Crippen LogP contribution is -2.46. The fourth-order valence-corrected chi connectivity index (χ4v) is 2.54. The first-order valence-electron chi connectivity index (χ1n) is 7.06. The van der Waals surface area contributed by atoms with Crippen molar-refractivity contribution in [3.63, 3.8) is 0 Å². The average molecular weight is 240 g/mol. The lowest BCUT2D eigenvalue weighted by atomic mass is 9.86. The van der Waals surface area contributed by atoms with Crippen molar-refractivity contribution in [2.45, 2.75) is 52.9 Å². The number of likely N-dealkylation sites (tertiary alicyclic amines) is 1. The van der Waals surface area contributed by atoms with Gasteiger partial charge in [0.25, 0.3) is 0 Å². The molecule has 1 aliphatic rings. The van der Waals surface area contributed by atoms with Crippen LogP contribution in [0, 0.1) is 11.3 Å². The van der Waals surface area contributed by atoms with Crippen molar-refractivity contribution in [3.05, 3.63) is 0 Å². The number of carbonyl (C=O) groups excluding carboxylic acids is 1. The summed E-state index contributed by atoms with van der Waals surface area (Å²) in [7, 11) is 0. The van der Waals surface area contributed by atoms with Gasteiger partial charge in [0.05, 0.1) is 5.41 Å². The first-order valence-corrected chi connectivity index (χ1v) is 7.06. The van der Waals surface area contributed by atoms with Gasteiger partial charge in [0.1, 0.15) is 0 Å². The van der Waals surface area contributed by atoms with E-state index in [1.54, 1.807) is 0 Å². The van der Waals surface area contributed by atoms with Crippen molar-refractivity contribution >= 4 is 5.91 Å². The Morgan fingerprint density at radius 2 is 2.06 bits per heavy atom. The molecule has 3 nitrogen and oxygen atoms in total. The van der Waals surface area contributed by atoms with Gasteiger partial charge in [-0.1, -0.05) is 20.3 Å². The van der Waals surface area contributed by atoms with E-state index in [0.29, 0.717) is 6.54 Å². The van der Waals surface area contributed by atoms with E-state index < -0.39 is 0 Å². The van der Waals surface area contributed by atoms with Gasteiger partial charge in [0, 0.05) is 19.6 Å². The zero-order valence-electron chi connectivity index (χ0n) is 11.7. The molecule has 1 fully saturated rings. The Bertz CT molecular complexity index is 249. The molecule has 0 aromatic rings. The highest BCUT2D eigenvalue weighted by molar-refractivity contribution is 5.82. The highest BCUT2D eigenvalue weighted by Gasteiger charge is 2.34. The summed E-state index contributed by atoms with van der Waals surface area (Å²) in [5.41, 5.74) is 5.42. The predicted molar refractivity (Wildman–Crippen MR) is 71.7 cm³/mol. The maximum absolute atomic E-state index is 12.5. The van der Waals surface area contributed by atoms with Gasteiger partial charge in [-0.25, -0.2) is 0 Å². The van der Waals surface area contributed by atoms with Crippen LogP contribution in [0.4, 0.5) is 0 Å². The Kier molecular flexibility index (Phi) is 5.44. The fraction of sp³-hybridized carbons (Fsp3) is 0.929. The summed E-state index contributed by atoms with van der Waals surface area (Å²) in [6.07, 6.45) is 5.65. The Morgan fingerprint density at radius 3 is 2.59 bits per heavy atom. The third kappa shape index (κ3) is 3.44. The number of rotatable bonds is 4. The molecule has 1 amide bonds. The summed E-state index contributed by atoms with van der Waals surface area (Å²) in [5, 5.41) is 0. The van der Waals surface area contributed by atoms with Gasteiger partial charge >= 0.3 is 0 Å². The van der Waals surface area contributed by atoms with E-state index in [1.165, 1.54) is 12.8 Å². The van der Waals surface area contributed by atoms with Gasteiger partial charge in [-0.15, -0.1) is 0 Å². The molecule has 3 heteroatoms. The second-order valence-corrected chi connectivity index (χ2v) is 5.62. The summed E-state index contributed by atoms with van der Waals surface area (Å²) in [5.74, 6) is 1.07. The molecule has 2 atom stereocenters. The minimum absolute atomic E-state index is 0.263. The van der Waals surface area contributed by atoms with Crippen LogP contribution < -0.4 is 5.73 Å². The molecule has 2 N–H and O–H groups in total. The average Bonchev–Trinajstić information content (AvgIpc) is 2.62. The topological polar surface area (TPSA) is 46.3 Å². The lowest BCUT2D eigenvalue weighted by Gasteiger charge is -2.32. The summed E-state index contributed by atoms with van der Waals surface area (Å²) in [6, 6.07) is 0. The summed E-state index contributed by atoms with van der Waals surface area (Å²) in [6.45, 7) is 8.60. The molecule has 0 radical (unpaired) electrons. The molecule has 100 valence electrons. The minimum Gasteiger partial charge on any atom is -0.342 e. The van der Waals surface area contributed by atoms with E-state index in [0.717, 1.165) is 38.3 Å². The van der Waals surface area contributed by atoms with Gasteiger partial charge in [0.2, 0.25) is 5.91 Å². The van der Waals surface area contributed by atoms with Crippen LogP contribution >= 0.6 is 0 Å². The molecule has 0 aliphatic carbocycles. The summed E-state index contributed by atoms with van der Waals surface area (Å²) in [4.78, 5) is 14.5. The standard InChI is InChI=1S/C14H28N2O/c1-4-12-7-6-9-16(10-8-12)13(17)14(3,5-2)11-15/h12H,4-11,15H2,1-3H3. The molecular weight excluding hydrogens is 212 g/mol. The third-order valence-electron chi connectivity index (χ3n) is 4.46. The molecule has 0 bridgehead atoms. The zero-order valence-corrected chi connectivity index (χ0v) is 11.7.